The number of aromatic nitrogens is 3. The van der Waals surface area contributed by atoms with Gasteiger partial charge in [-0.1, -0.05) is 65.9 Å². The summed E-state index contributed by atoms with van der Waals surface area (Å²) in [5.41, 5.74) is 4.59. The number of ether oxygens (including phenoxy) is 1. The van der Waals surface area contributed by atoms with Crippen LogP contribution in [0.2, 0.25) is 0 Å². The Bertz CT molecular complexity index is 1640. The lowest BCUT2D eigenvalue weighted by Crippen LogP contribution is -2.34. The minimum atomic E-state index is -0.569. The highest BCUT2D eigenvalue weighted by molar-refractivity contribution is 7.15. The van der Waals surface area contributed by atoms with Crippen molar-refractivity contribution < 1.29 is 19.1 Å². The fraction of sp³-hybridized carbons (Fsp3) is 0.364. The molecule has 2 aromatic carbocycles. The van der Waals surface area contributed by atoms with E-state index in [1.165, 1.54) is 22.7 Å². The van der Waals surface area contributed by atoms with E-state index in [-0.39, 0.29) is 24.3 Å². The average Bonchev–Trinajstić information content (AvgIpc) is 3.26. The van der Waals surface area contributed by atoms with Gasteiger partial charge in [0.05, 0.1) is 24.6 Å². The molecule has 2 aliphatic rings. The van der Waals surface area contributed by atoms with Crippen LogP contribution in [-0.2, 0) is 40.0 Å². The maximum Gasteiger partial charge on any atom is 0.408 e. The van der Waals surface area contributed by atoms with Gasteiger partial charge in [-0.05, 0) is 63.6 Å². The van der Waals surface area contributed by atoms with E-state index in [1.807, 2.05) is 88.4 Å². The molecule has 1 atom stereocenters. The Labute approximate surface area is 261 Å². The smallest absolute Gasteiger partial charge is 0.408 e. The zero-order valence-corrected chi connectivity index (χ0v) is 26.3. The molecule has 11 heteroatoms. The fourth-order valence-electron chi connectivity index (χ4n) is 4.93. The summed E-state index contributed by atoms with van der Waals surface area (Å²) in [4.78, 5) is 37.1. The van der Waals surface area contributed by atoms with E-state index >= 15 is 0 Å². The minimum absolute atomic E-state index is 0.0885. The molecule has 3 heterocycles. The molecule has 3 N–H and O–H groups in total. The molecule has 10 nitrogen and oxygen atoms in total. The van der Waals surface area contributed by atoms with Crippen molar-refractivity contribution >= 4 is 40.2 Å². The predicted octanol–water partition coefficient (Wildman–Crippen LogP) is 6.16. The lowest BCUT2D eigenvalue weighted by atomic mass is 10.0. The number of carbonyl (C=O) groups is 3. The molecule has 44 heavy (non-hydrogen) atoms. The Morgan fingerprint density at radius 2 is 1.59 bits per heavy atom. The van der Waals surface area contributed by atoms with Crippen LogP contribution >= 0.6 is 11.3 Å². The van der Waals surface area contributed by atoms with E-state index in [4.69, 9.17) is 4.74 Å². The monoisotopic (exact) mass is 614 g/mol. The summed E-state index contributed by atoms with van der Waals surface area (Å²) in [7, 11) is 0. The Hall–Kier alpha value is -4.51. The molecule has 1 aromatic heterocycles. The van der Waals surface area contributed by atoms with Gasteiger partial charge in [0.25, 0.3) is 0 Å². The number of benzene rings is 2. The molecule has 0 fully saturated rings. The van der Waals surface area contributed by atoms with Crippen LogP contribution in [-0.4, -0.2) is 38.3 Å². The number of nitrogens with zero attached hydrogens (tertiary/aromatic N) is 3. The molecule has 3 aromatic rings. The molecule has 2 aliphatic heterocycles. The third-order valence-corrected chi connectivity index (χ3v) is 7.96. The van der Waals surface area contributed by atoms with Crippen LogP contribution in [0.4, 0.5) is 15.7 Å². The maximum atomic E-state index is 12.8. The molecular formula is C33H38N6O4S. The van der Waals surface area contributed by atoms with E-state index in [0.717, 1.165) is 53.2 Å². The molecular weight excluding hydrogens is 576 g/mol. The summed E-state index contributed by atoms with van der Waals surface area (Å²) in [6.45, 7) is 7.35. The summed E-state index contributed by atoms with van der Waals surface area (Å²) in [6, 6.07) is 19.0. The van der Waals surface area contributed by atoms with Gasteiger partial charge in [0.2, 0.25) is 16.9 Å². The molecule has 0 radical (unpaired) electrons. The van der Waals surface area contributed by atoms with E-state index in [0.29, 0.717) is 11.6 Å². The molecule has 0 spiro atoms. The van der Waals surface area contributed by atoms with E-state index < -0.39 is 11.7 Å². The van der Waals surface area contributed by atoms with Gasteiger partial charge in [0.15, 0.2) is 0 Å². The maximum absolute atomic E-state index is 12.8. The quantitative estimate of drug-likeness (QED) is 0.136. The molecule has 0 aliphatic carbocycles. The molecule has 0 bridgehead atoms. The molecule has 1 unspecified atom stereocenters. The Balaban J connectivity index is 1.01. The van der Waals surface area contributed by atoms with Crippen LogP contribution in [0.5, 0.6) is 0 Å². The number of aryl methyl sites for hydroxylation is 2. The molecule has 230 valence electrons. The van der Waals surface area contributed by atoms with Crippen molar-refractivity contribution in [3.05, 3.63) is 88.1 Å². The minimum Gasteiger partial charge on any atom is -0.444 e. The zero-order chi connectivity index (χ0) is 31.3. The number of rotatable bonds is 13. The first-order valence-electron chi connectivity index (χ1n) is 14.8. The average molecular weight is 615 g/mol. The normalized spacial score (nSPS) is 12.4. The Kier molecular flexibility index (Phi) is 9.43. The number of anilines is 2. The van der Waals surface area contributed by atoms with Crippen LogP contribution < -0.4 is 16.0 Å². The number of unbranched alkanes of at least 4 members (excludes halogenated alkanes) is 1. The lowest BCUT2D eigenvalue weighted by molar-refractivity contribution is -0.116. The first-order chi connectivity index (χ1) is 21.0. The van der Waals surface area contributed by atoms with Crippen LogP contribution in [0, 0.1) is 0 Å². The molecule has 5 rings (SSSR count). The highest BCUT2D eigenvalue weighted by Gasteiger charge is 2.31. The van der Waals surface area contributed by atoms with Crippen molar-refractivity contribution in [2.45, 2.75) is 77.9 Å². The van der Waals surface area contributed by atoms with Crippen LogP contribution in [0.1, 0.15) is 74.0 Å². The van der Waals surface area contributed by atoms with Crippen LogP contribution in [0.15, 0.2) is 60.7 Å². The standard InChI is InChI=1S/C33H38N6O4S/c1-21(34-32(42)43-33(2,3)4)24-14-10-13-23(17-24)19-28(40)35-27-20-26-25(39(26)27)15-8-9-16-30-37-38-31(44-30)36-29(41)18-22-11-6-5-7-12-22/h5-7,10-14,17,20-21H,8-9,15-16,18-19H2,1-4H3,(H,34,42)(H,35,40)(H,36,38,41). The summed E-state index contributed by atoms with van der Waals surface area (Å²) in [6.07, 6.45) is 3.74. The van der Waals surface area contributed by atoms with Gasteiger partial charge in [-0.25, -0.2) is 4.79 Å². The topological polar surface area (TPSA) is 127 Å². The Morgan fingerprint density at radius 1 is 0.886 bits per heavy atom. The highest BCUT2D eigenvalue weighted by Crippen LogP contribution is 2.41. The number of hydrogen-bond donors (Lipinski definition) is 3. The SMILES string of the molecule is CC(NC(=O)OC(C)(C)C)c1cccc(CC(=O)Nc2cc3c(CCCCc4nnc(NC(=O)Cc5ccccc5)s4)n2-3)c1. The van der Waals surface area contributed by atoms with Crippen molar-refractivity contribution in [2.75, 3.05) is 10.6 Å². The largest absolute Gasteiger partial charge is 0.444 e. The Morgan fingerprint density at radius 3 is 2.36 bits per heavy atom. The van der Waals surface area contributed by atoms with Crippen LogP contribution in [0.3, 0.4) is 0 Å². The number of alkyl carbamates (subject to hydrolysis) is 1. The summed E-state index contributed by atoms with van der Waals surface area (Å²) >= 11 is 1.42. The highest BCUT2D eigenvalue weighted by atomic mass is 32.1. The summed E-state index contributed by atoms with van der Waals surface area (Å²) < 4.78 is 7.43. The fourth-order valence-corrected chi connectivity index (χ4v) is 5.73. The van der Waals surface area contributed by atoms with Crippen LogP contribution in [0.25, 0.3) is 5.69 Å². The third kappa shape index (κ3) is 8.53. The van der Waals surface area contributed by atoms with Gasteiger partial charge in [-0.2, -0.15) is 0 Å². The van der Waals surface area contributed by atoms with Crippen molar-refractivity contribution in [3.8, 4) is 5.69 Å². The summed E-state index contributed by atoms with van der Waals surface area (Å²) in [5, 5.41) is 18.4. The molecule has 3 amide bonds. The van der Waals surface area contributed by atoms with E-state index in [2.05, 4.69) is 30.7 Å². The summed E-state index contributed by atoms with van der Waals surface area (Å²) in [5.74, 6) is 0.627. The van der Waals surface area contributed by atoms with Crippen molar-refractivity contribution in [1.29, 1.82) is 0 Å². The van der Waals surface area contributed by atoms with Crippen molar-refractivity contribution in [3.63, 3.8) is 0 Å². The first-order valence-corrected chi connectivity index (χ1v) is 15.6. The number of amides is 3. The van der Waals surface area contributed by atoms with E-state index in [1.54, 1.807) is 0 Å². The first kappa shape index (κ1) is 30.9. The number of fused-ring (bicyclic) bond motifs is 1. The predicted molar refractivity (Wildman–Crippen MR) is 171 cm³/mol. The second-order valence-electron chi connectivity index (χ2n) is 12.0. The van der Waals surface area contributed by atoms with E-state index in [9.17, 15) is 14.4 Å². The number of carbonyl (C=O) groups excluding carboxylic acids is 3. The molecule has 0 saturated carbocycles. The molecule has 0 saturated heterocycles. The van der Waals surface area contributed by atoms with Crippen molar-refractivity contribution in [1.82, 2.24) is 20.1 Å². The van der Waals surface area contributed by atoms with Gasteiger partial charge < -0.3 is 20.7 Å². The van der Waals surface area contributed by atoms with Gasteiger partial charge in [-0.3, -0.25) is 14.2 Å². The number of nitrogens with one attached hydrogen (secondary N) is 3. The lowest BCUT2D eigenvalue weighted by Gasteiger charge is -2.22. The second kappa shape index (κ2) is 13.4. The van der Waals surface area contributed by atoms with Crippen molar-refractivity contribution in [2.24, 2.45) is 0 Å². The van der Waals surface area contributed by atoms with Gasteiger partial charge in [0, 0.05) is 18.2 Å². The van der Waals surface area contributed by atoms with Gasteiger partial charge >= 0.3 is 6.09 Å². The van der Waals surface area contributed by atoms with Gasteiger partial charge in [0.1, 0.15) is 16.4 Å². The number of hydrogen-bond acceptors (Lipinski definition) is 7. The second-order valence-corrected chi connectivity index (χ2v) is 13.0. The zero-order valence-electron chi connectivity index (χ0n) is 25.5. The van der Waals surface area contributed by atoms with Gasteiger partial charge in [-0.15, -0.1) is 10.2 Å². The third-order valence-electron chi connectivity index (χ3n) is 7.06.